The van der Waals surface area contributed by atoms with Crippen LogP contribution in [0, 0.1) is 0 Å². The van der Waals surface area contributed by atoms with Crippen LogP contribution in [0.4, 0.5) is 0 Å². The molecule has 0 saturated carbocycles. The van der Waals surface area contributed by atoms with Gasteiger partial charge in [0.05, 0.1) is 4.47 Å². The van der Waals surface area contributed by atoms with E-state index in [9.17, 15) is 5.11 Å². The third-order valence-electron chi connectivity index (χ3n) is 2.40. The molecule has 4 heteroatoms. The topological polar surface area (TPSA) is 32.7 Å². The maximum absolute atomic E-state index is 9.82. The van der Waals surface area contributed by atoms with Gasteiger partial charge >= 0.3 is 0 Å². The number of rotatable bonds is 6. The molecule has 3 nitrogen and oxygen atoms in total. The Morgan fingerprint density at radius 2 is 2.19 bits per heavy atom. The van der Waals surface area contributed by atoms with E-state index in [0.717, 1.165) is 36.2 Å². The van der Waals surface area contributed by atoms with Crippen LogP contribution in [0.25, 0.3) is 0 Å². The number of ether oxygens (including phenoxy) is 1. The van der Waals surface area contributed by atoms with Crippen LogP contribution in [0.3, 0.4) is 0 Å². The predicted octanol–water partition coefficient (Wildman–Crippen LogP) is 2.62. The largest absolute Gasteiger partial charge is 0.506 e. The first-order chi connectivity index (χ1) is 7.65. The van der Waals surface area contributed by atoms with Gasteiger partial charge in [-0.05, 0) is 35.5 Å². The van der Waals surface area contributed by atoms with E-state index >= 15 is 0 Å². The average Bonchev–Trinajstić information content (AvgIpc) is 2.25. The minimum absolute atomic E-state index is 0.334. The lowest BCUT2D eigenvalue weighted by atomic mass is 10.2. The molecule has 0 aliphatic heterocycles. The SMILES string of the molecule is COCCCN(C)Cc1cccc(Br)c1O. The molecule has 0 aliphatic carbocycles. The lowest BCUT2D eigenvalue weighted by Gasteiger charge is -2.17. The van der Waals surface area contributed by atoms with Crippen molar-refractivity contribution in [2.75, 3.05) is 27.3 Å². The second-order valence-electron chi connectivity index (χ2n) is 3.83. The summed E-state index contributed by atoms with van der Waals surface area (Å²) in [6.07, 6.45) is 1.00. The Morgan fingerprint density at radius 3 is 2.88 bits per heavy atom. The number of phenolic OH excluding ortho intramolecular Hbond substituents is 1. The van der Waals surface area contributed by atoms with Crippen LogP contribution in [0.2, 0.25) is 0 Å². The van der Waals surface area contributed by atoms with E-state index in [2.05, 4.69) is 20.8 Å². The summed E-state index contributed by atoms with van der Waals surface area (Å²) in [5, 5.41) is 9.82. The lowest BCUT2D eigenvalue weighted by Crippen LogP contribution is -2.20. The van der Waals surface area contributed by atoms with Gasteiger partial charge in [0, 0.05) is 32.4 Å². The number of methoxy groups -OCH3 is 1. The van der Waals surface area contributed by atoms with Crippen molar-refractivity contribution in [1.29, 1.82) is 0 Å². The number of para-hydroxylation sites is 1. The van der Waals surface area contributed by atoms with Gasteiger partial charge in [-0.3, -0.25) is 0 Å². The number of aromatic hydroxyl groups is 1. The first-order valence-electron chi connectivity index (χ1n) is 5.29. The van der Waals surface area contributed by atoms with Crippen LogP contribution in [-0.4, -0.2) is 37.3 Å². The van der Waals surface area contributed by atoms with Gasteiger partial charge in [-0.2, -0.15) is 0 Å². The van der Waals surface area contributed by atoms with E-state index in [4.69, 9.17) is 4.74 Å². The number of phenols is 1. The molecule has 1 aromatic rings. The summed E-state index contributed by atoms with van der Waals surface area (Å²) < 4.78 is 5.75. The second kappa shape index (κ2) is 6.89. The van der Waals surface area contributed by atoms with Gasteiger partial charge in [0.15, 0.2) is 0 Å². The third kappa shape index (κ3) is 4.12. The number of hydrogen-bond acceptors (Lipinski definition) is 3. The Morgan fingerprint density at radius 1 is 1.44 bits per heavy atom. The molecular weight excluding hydrogens is 270 g/mol. The van der Waals surface area contributed by atoms with Gasteiger partial charge in [0.25, 0.3) is 0 Å². The van der Waals surface area contributed by atoms with Crippen molar-refractivity contribution in [3.63, 3.8) is 0 Å². The molecule has 0 spiro atoms. The molecule has 0 saturated heterocycles. The van der Waals surface area contributed by atoms with Gasteiger partial charge in [-0.1, -0.05) is 12.1 Å². The normalized spacial score (nSPS) is 11.0. The molecule has 0 atom stereocenters. The first kappa shape index (κ1) is 13.5. The van der Waals surface area contributed by atoms with Gasteiger partial charge in [0.2, 0.25) is 0 Å². The van der Waals surface area contributed by atoms with Gasteiger partial charge < -0.3 is 14.7 Å². The highest BCUT2D eigenvalue weighted by Gasteiger charge is 2.07. The minimum Gasteiger partial charge on any atom is -0.506 e. The lowest BCUT2D eigenvalue weighted by molar-refractivity contribution is 0.178. The Kier molecular flexibility index (Phi) is 5.80. The van der Waals surface area contributed by atoms with E-state index in [0.29, 0.717) is 5.75 Å². The van der Waals surface area contributed by atoms with Gasteiger partial charge in [-0.15, -0.1) is 0 Å². The fraction of sp³-hybridized carbons (Fsp3) is 0.500. The maximum atomic E-state index is 9.82. The fourth-order valence-corrected chi connectivity index (χ4v) is 1.94. The van der Waals surface area contributed by atoms with Crippen LogP contribution in [0.15, 0.2) is 22.7 Å². The first-order valence-corrected chi connectivity index (χ1v) is 6.08. The molecule has 90 valence electrons. The van der Waals surface area contributed by atoms with E-state index in [1.54, 1.807) is 7.11 Å². The van der Waals surface area contributed by atoms with Gasteiger partial charge in [-0.25, -0.2) is 0 Å². The number of benzene rings is 1. The summed E-state index contributed by atoms with van der Waals surface area (Å²) in [6, 6.07) is 5.71. The molecule has 0 heterocycles. The van der Waals surface area contributed by atoms with Crippen molar-refractivity contribution in [3.8, 4) is 5.75 Å². The van der Waals surface area contributed by atoms with Crippen LogP contribution in [-0.2, 0) is 11.3 Å². The monoisotopic (exact) mass is 287 g/mol. The van der Waals surface area contributed by atoms with Crippen LogP contribution in [0.5, 0.6) is 5.75 Å². The molecule has 0 amide bonds. The highest BCUT2D eigenvalue weighted by atomic mass is 79.9. The molecule has 0 unspecified atom stereocenters. The highest BCUT2D eigenvalue weighted by Crippen LogP contribution is 2.28. The molecule has 0 fully saturated rings. The van der Waals surface area contributed by atoms with Crippen LogP contribution < -0.4 is 0 Å². The molecule has 1 N–H and O–H groups in total. The quantitative estimate of drug-likeness (QED) is 0.817. The van der Waals surface area contributed by atoms with Gasteiger partial charge in [0.1, 0.15) is 5.75 Å². The zero-order valence-electron chi connectivity index (χ0n) is 9.74. The molecule has 1 rings (SSSR count). The summed E-state index contributed by atoms with van der Waals surface area (Å²) in [4.78, 5) is 2.17. The molecule has 0 radical (unpaired) electrons. The summed E-state index contributed by atoms with van der Waals surface area (Å²) in [7, 11) is 3.75. The maximum Gasteiger partial charge on any atom is 0.134 e. The van der Waals surface area contributed by atoms with Crippen molar-refractivity contribution >= 4 is 15.9 Å². The second-order valence-corrected chi connectivity index (χ2v) is 4.69. The molecule has 0 aromatic heterocycles. The zero-order valence-corrected chi connectivity index (χ0v) is 11.3. The fourth-order valence-electron chi connectivity index (χ4n) is 1.54. The van der Waals surface area contributed by atoms with E-state index in [-0.39, 0.29) is 0 Å². The van der Waals surface area contributed by atoms with E-state index < -0.39 is 0 Å². The summed E-state index contributed by atoms with van der Waals surface area (Å²) >= 11 is 3.31. The number of nitrogens with zero attached hydrogens (tertiary/aromatic N) is 1. The van der Waals surface area contributed by atoms with Crippen molar-refractivity contribution < 1.29 is 9.84 Å². The third-order valence-corrected chi connectivity index (χ3v) is 3.04. The van der Waals surface area contributed by atoms with Crippen molar-refractivity contribution in [3.05, 3.63) is 28.2 Å². The van der Waals surface area contributed by atoms with Crippen LogP contribution >= 0.6 is 15.9 Å². The van der Waals surface area contributed by atoms with Crippen molar-refractivity contribution in [1.82, 2.24) is 4.90 Å². The molecule has 0 bridgehead atoms. The Bertz CT molecular complexity index is 331. The Balaban J connectivity index is 2.49. The van der Waals surface area contributed by atoms with E-state index in [1.807, 2.05) is 25.2 Å². The molecular formula is C12H18BrNO2. The van der Waals surface area contributed by atoms with Crippen molar-refractivity contribution in [2.24, 2.45) is 0 Å². The van der Waals surface area contributed by atoms with Crippen LogP contribution in [0.1, 0.15) is 12.0 Å². The Hall–Kier alpha value is -0.580. The summed E-state index contributed by atoms with van der Waals surface area (Å²) in [5.74, 6) is 0.334. The highest BCUT2D eigenvalue weighted by molar-refractivity contribution is 9.10. The average molecular weight is 288 g/mol. The zero-order chi connectivity index (χ0) is 12.0. The molecule has 1 aromatic carbocycles. The number of halogens is 1. The van der Waals surface area contributed by atoms with Crippen molar-refractivity contribution in [2.45, 2.75) is 13.0 Å². The van der Waals surface area contributed by atoms with E-state index in [1.165, 1.54) is 0 Å². The predicted molar refractivity (Wildman–Crippen MR) is 68.6 cm³/mol. The number of hydrogen-bond donors (Lipinski definition) is 1. The standard InChI is InChI=1S/C12H18BrNO2/c1-14(7-4-8-16-2)9-10-5-3-6-11(13)12(10)15/h3,5-6,15H,4,7-9H2,1-2H3. The summed E-state index contributed by atoms with van der Waals surface area (Å²) in [5.41, 5.74) is 0.939. The smallest absolute Gasteiger partial charge is 0.134 e. The summed E-state index contributed by atoms with van der Waals surface area (Å²) in [6.45, 7) is 2.48. The molecule has 0 aliphatic rings. The molecule has 16 heavy (non-hydrogen) atoms. The minimum atomic E-state index is 0.334. The Labute approximate surface area is 105 Å².